The second-order valence-corrected chi connectivity index (χ2v) is 4.46. The topological polar surface area (TPSA) is 41.6 Å². The van der Waals surface area contributed by atoms with Crippen LogP contribution in [0.1, 0.15) is 5.56 Å². The number of rotatable bonds is 4. The first-order chi connectivity index (χ1) is 7.99. The number of carbonyl (C=O) groups is 1. The lowest BCUT2D eigenvalue weighted by Gasteiger charge is -2.12. The van der Waals surface area contributed by atoms with E-state index in [-0.39, 0.29) is 0 Å². The third-order valence-corrected chi connectivity index (χ3v) is 2.44. The van der Waals surface area contributed by atoms with Crippen molar-refractivity contribution in [3.05, 3.63) is 28.8 Å². The molecule has 0 spiro atoms. The lowest BCUT2D eigenvalue weighted by Crippen LogP contribution is -2.22. The molecular formula is C12H17ClN2O2. The Labute approximate surface area is 107 Å². The molecule has 0 atom stereocenters. The number of nitrogens with one attached hydrogen (secondary N) is 1. The van der Waals surface area contributed by atoms with Gasteiger partial charge in [0.2, 0.25) is 0 Å². The summed E-state index contributed by atoms with van der Waals surface area (Å²) in [7, 11) is 3.84. The van der Waals surface area contributed by atoms with Crippen molar-refractivity contribution < 1.29 is 9.53 Å². The predicted molar refractivity (Wildman–Crippen MR) is 69.7 cm³/mol. The number of amides is 1. The van der Waals surface area contributed by atoms with E-state index in [0.29, 0.717) is 23.9 Å². The molecule has 0 bridgehead atoms. The van der Waals surface area contributed by atoms with Crippen LogP contribution in [0.3, 0.4) is 0 Å². The Bertz CT molecular complexity index is 394. The van der Waals surface area contributed by atoms with Crippen LogP contribution in [0.25, 0.3) is 0 Å². The summed E-state index contributed by atoms with van der Waals surface area (Å²) in [6.07, 6.45) is -0.461. The number of aryl methyl sites for hydroxylation is 1. The van der Waals surface area contributed by atoms with E-state index in [1.165, 1.54) is 0 Å². The van der Waals surface area contributed by atoms with Crippen molar-refractivity contribution in [1.29, 1.82) is 0 Å². The highest BCUT2D eigenvalue weighted by atomic mass is 35.5. The van der Waals surface area contributed by atoms with Gasteiger partial charge in [0.05, 0.1) is 0 Å². The van der Waals surface area contributed by atoms with Gasteiger partial charge in [-0.3, -0.25) is 5.32 Å². The van der Waals surface area contributed by atoms with Gasteiger partial charge in [-0.1, -0.05) is 17.7 Å². The monoisotopic (exact) mass is 256 g/mol. The highest BCUT2D eigenvalue weighted by Gasteiger charge is 2.06. The minimum Gasteiger partial charge on any atom is -0.448 e. The lowest BCUT2D eigenvalue weighted by molar-refractivity contribution is 0.151. The quantitative estimate of drug-likeness (QED) is 0.901. The average Bonchev–Trinajstić information content (AvgIpc) is 2.23. The van der Waals surface area contributed by atoms with Gasteiger partial charge >= 0.3 is 6.09 Å². The smallest absolute Gasteiger partial charge is 0.411 e. The molecule has 94 valence electrons. The molecular weight excluding hydrogens is 240 g/mol. The maximum Gasteiger partial charge on any atom is 0.411 e. The fourth-order valence-corrected chi connectivity index (χ4v) is 1.37. The Morgan fingerprint density at radius 3 is 2.82 bits per heavy atom. The first-order valence-electron chi connectivity index (χ1n) is 5.33. The van der Waals surface area contributed by atoms with Gasteiger partial charge in [-0.15, -0.1) is 0 Å². The van der Waals surface area contributed by atoms with Gasteiger partial charge in [0.1, 0.15) is 6.61 Å². The molecule has 4 nitrogen and oxygen atoms in total. The fraction of sp³-hybridized carbons (Fsp3) is 0.417. The number of ether oxygens (including phenoxy) is 1. The largest absolute Gasteiger partial charge is 0.448 e. The zero-order chi connectivity index (χ0) is 12.8. The number of hydrogen-bond acceptors (Lipinski definition) is 3. The zero-order valence-electron chi connectivity index (χ0n) is 10.3. The van der Waals surface area contributed by atoms with Gasteiger partial charge in [0, 0.05) is 17.3 Å². The van der Waals surface area contributed by atoms with Crippen LogP contribution in [0, 0.1) is 6.92 Å². The van der Waals surface area contributed by atoms with Crippen LogP contribution in [-0.2, 0) is 4.74 Å². The van der Waals surface area contributed by atoms with Crippen LogP contribution in [0.5, 0.6) is 0 Å². The SMILES string of the molecule is Cc1ccc(Cl)cc1NC(=O)OCCN(C)C. The molecule has 1 rings (SSSR count). The second-order valence-electron chi connectivity index (χ2n) is 4.02. The third kappa shape index (κ3) is 5.06. The van der Waals surface area contributed by atoms with Crippen molar-refractivity contribution in [2.45, 2.75) is 6.92 Å². The average molecular weight is 257 g/mol. The first kappa shape index (κ1) is 13.8. The molecule has 1 aromatic rings. The zero-order valence-corrected chi connectivity index (χ0v) is 11.0. The number of anilines is 1. The van der Waals surface area contributed by atoms with Gasteiger partial charge in [0.25, 0.3) is 0 Å². The first-order valence-corrected chi connectivity index (χ1v) is 5.71. The molecule has 0 fully saturated rings. The Hall–Kier alpha value is -1.26. The van der Waals surface area contributed by atoms with Crippen LogP contribution in [0.15, 0.2) is 18.2 Å². The summed E-state index contributed by atoms with van der Waals surface area (Å²) in [4.78, 5) is 13.4. The van der Waals surface area contributed by atoms with E-state index in [9.17, 15) is 4.79 Å². The summed E-state index contributed by atoms with van der Waals surface area (Å²) in [5.74, 6) is 0. The molecule has 1 amide bonds. The molecule has 0 aliphatic heterocycles. The molecule has 0 radical (unpaired) electrons. The Balaban J connectivity index is 2.47. The summed E-state index contributed by atoms with van der Waals surface area (Å²) in [5, 5.41) is 3.24. The van der Waals surface area contributed by atoms with Crippen LogP contribution in [0.4, 0.5) is 10.5 Å². The molecule has 0 saturated heterocycles. The van der Waals surface area contributed by atoms with Crippen LogP contribution in [-0.4, -0.2) is 38.2 Å². The summed E-state index contributed by atoms with van der Waals surface area (Å²) in [6, 6.07) is 5.32. The standard InChI is InChI=1S/C12H17ClN2O2/c1-9-4-5-10(13)8-11(9)14-12(16)17-7-6-15(2)3/h4-5,8H,6-7H2,1-3H3,(H,14,16). The molecule has 0 aliphatic rings. The number of nitrogens with zero attached hydrogens (tertiary/aromatic N) is 1. The van der Waals surface area contributed by atoms with Gasteiger partial charge in [0.15, 0.2) is 0 Å². The van der Waals surface area contributed by atoms with E-state index < -0.39 is 6.09 Å². The van der Waals surface area contributed by atoms with Crippen molar-refractivity contribution in [1.82, 2.24) is 4.90 Å². The Kier molecular flexibility index (Phi) is 5.25. The highest BCUT2D eigenvalue weighted by molar-refractivity contribution is 6.30. The third-order valence-electron chi connectivity index (χ3n) is 2.21. The van der Waals surface area contributed by atoms with Crippen LogP contribution >= 0.6 is 11.6 Å². The van der Waals surface area contributed by atoms with Crippen molar-refractivity contribution >= 4 is 23.4 Å². The molecule has 1 aromatic carbocycles. The van der Waals surface area contributed by atoms with Gasteiger partial charge < -0.3 is 9.64 Å². The summed E-state index contributed by atoms with van der Waals surface area (Å²) in [6.45, 7) is 2.95. The number of benzene rings is 1. The van der Waals surface area contributed by atoms with E-state index in [1.807, 2.05) is 32.0 Å². The van der Waals surface area contributed by atoms with Crippen molar-refractivity contribution in [2.75, 3.05) is 32.6 Å². The van der Waals surface area contributed by atoms with E-state index in [4.69, 9.17) is 16.3 Å². The lowest BCUT2D eigenvalue weighted by atomic mass is 10.2. The number of likely N-dealkylation sites (N-methyl/N-ethyl adjacent to an activating group) is 1. The van der Waals surface area contributed by atoms with E-state index >= 15 is 0 Å². The van der Waals surface area contributed by atoms with E-state index in [2.05, 4.69) is 5.32 Å². The van der Waals surface area contributed by atoms with Gasteiger partial charge in [-0.2, -0.15) is 0 Å². The summed E-state index contributed by atoms with van der Waals surface area (Å²) in [5.41, 5.74) is 1.62. The molecule has 5 heteroatoms. The number of hydrogen-bond donors (Lipinski definition) is 1. The normalized spacial score (nSPS) is 10.4. The molecule has 1 N–H and O–H groups in total. The molecule has 0 aromatic heterocycles. The molecule has 0 aliphatic carbocycles. The summed E-state index contributed by atoms with van der Waals surface area (Å²) < 4.78 is 5.02. The number of carbonyl (C=O) groups excluding carboxylic acids is 1. The maximum atomic E-state index is 11.5. The minimum absolute atomic E-state index is 0.360. The molecule has 0 saturated carbocycles. The van der Waals surface area contributed by atoms with Gasteiger partial charge in [-0.05, 0) is 38.7 Å². The van der Waals surface area contributed by atoms with Crippen LogP contribution < -0.4 is 5.32 Å². The van der Waals surface area contributed by atoms with Crippen molar-refractivity contribution in [2.24, 2.45) is 0 Å². The number of halogens is 1. The molecule has 17 heavy (non-hydrogen) atoms. The second kappa shape index (κ2) is 6.47. The van der Waals surface area contributed by atoms with Crippen molar-refractivity contribution in [3.8, 4) is 0 Å². The Morgan fingerprint density at radius 1 is 1.47 bits per heavy atom. The van der Waals surface area contributed by atoms with Crippen LogP contribution in [0.2, 0.25) is 5.02 Å². The Morgan fingerprint density at radius 2 is 2.18 bits per heavy atom. The minimum atomic E-state index is -0.461. The molecule has 0 heterocycles. The maximum absolute atomic E-state index is 11.5. The molecule has 0 unspecified atom stereocenters. The predicted octanol–water partition coefficient (Wildman–Crippen LogP) is 2.76. The van der Waals surface area contributed by atoms with Gasteiger partial charge in [-0.25, -0.2) is 4.79 Å². The van der Waals surface area contributed by atoms with E-state index in [1.54, 1.807) is 12.1 Å². The van der Waals surface area contributed by atoms with E-state index in [0.717, 1.165) is 5.56 Å². The fourth-order valence-electron chi connectivity index (χ4n) is 1.20. The van der Waals surface area contributed by atoms with Crippen molar-refractivity contribution in [3.63, 3.8) is 0 Å². The highest BCUT2D eigenvalue weighted by Crippen LogP contribution is 2.20. The summed E-state index contributed by atoms with van der Waals surface area (Å²) >= 11 is 5.85.